The topological polar surface area (TPSA) is 0 Å². The molecule has 0 aromatic carbocycles. The molecular weight excluding hydrogens is 96.1 g/mol. The van der Waals surface area contributed by atoms with Crippen LogP contribution in [0.3, 0.4) is 0 Å². The predicted molar refractivity (Wildman–Crippen MR) is 35.0 cm³/mol. The summed E-state index contributed by atoms with van der Waals surface area (Å²) in [7, 11) is 0. The number of rotatable bonds is 0. The third-order valence-corrected chi connectivity index (χ3v) is 1.06. The van der Waals surface area contributed by atoms with Crippen LogP contribution in [-0.4, -0.2) is 0 Å². The lowest BCUT2D eigenvalue weighted by Crippen LogP contribution is -1.76. The van der Waals surface area contributed by atoms with Crippen LogP contribution in [0.15, 0.2) is 29.9 Å². The van der Waals surface area contributed by atoms with Crippen LogP contribution in [0, 0.1) is 12.5 Å². The Morgan fingerprint density at radius 2 is 2.00 bits per heavy atom. The third kappa shape index (κ3) is 0.988. The van der Waals surface area contributed by atoms with Crippen molar-refractivity contribution in [1.29, 1.82) is 0 Å². The molecule has 0 saturated carbocycles. The summed E-state index contributed by atoms with van der Waals surface area (Å²) in [5, 5.41) is 0. The second kappa shape index (κ2) is 2.34. The molecule has 1 rings (SSSR count). The molecule has 0 aromatic rings. The highest BCUT2D eigenvalue weighted by Crippen LogP contribution is 2.04. The summed E-state index contributed by atoms with van der Waals surface area (Å²) in [6, 6.07) is 0. The molecule has 0 spiro atoms. The van der Waals surface area contributed by atoms with Gasteiger partial charge in [0.25, 0.3) is 0 Å². The van der Waals surface area contributed by atoms with E-state index < -0.39 is 0 Å². The Labute approximate surface area is 50.2 Å². The SMILES string of the molecule is C[C+]=C1C=C[CH-]C=C1. The lowest BCUT2D eigenvalue weighted by Gasteiger charge is -2.01. The molecule has 0 heteroatoms. The molecule has 1 aliphatic carbocycles. The molecule has 0 aliphatic heterocycles. The van der Waals surface area contributed by atoms with Crippen molar-refractivity contribution in [2.45, 2.75) is 6.92 Å². The minimum Gasteiger partial charge on any atom is -0.170 e. The van der Waals surface area contributed by atoms with E-state index >= 15 is 0 Å². The van der Waals surface area contributed by atoms with E-state index in [1.165, 1.54) is 0 Å². The molecule has 0 amide bonds. The molecule has 0 heterocycles. The Morgan fingerprint density at radius 1 is 1.38 bits per heavy atom. The van der Waals surface area contributed by atoms with Gasteiger partial charge in [0.1, 0.15) is 0 Å². The summed E-state index contributed by atoms with van der Waals surface area (Å²) in [4.78, 5) is 0. The van der Waals surface area contributed by atoms with Gasteiger partial charge in [0.05, 0.1) is 0 Å². The second-order valence-electron chi connectivity index (χ2n) is 1.62. The lowest BCUT2D eigenvalue weighted by atomic mass is 10.1. The molecule has 0 bridgehead atoms. The quantitative estimate of drug-likeness (QED) is 0.413. The standard InChI is InChI=1S/C8H8/c1-2-8-6-4-3-5-7-8/h3-7H,1H3. The maximum Gasteiger partial charge on any atom is 0.0442 e. The fraction of sp³-hybridized carbons (Fsp3) is 0.125. The van der Waals surface area contributed by atoms with Gasteiger partial charge >= 0.3 is 0 Å². The van der Waals surface area contributed by atoms with E-state index in [0.29, 0.717) is 0 Å². The van der Waals surface area contributed by atoms with Gasteiger partial charge in [-0.3, -0.25) is 0 Å². The van der Waals surface area contributed by atoms with Gasteiger partial charge in [0.2, 0.25) is 0 Å². The molecule has 0 radical (unpaired) electrons. The van der Waals surface area contributed by atoms with Crippen molar-refractivity contribution in [2.75, 3.05) is 0 Å². The van der Waals surface area contributed by atoms with Gasteiger partial charge < -0.3 is 0 Å². The molecule has 0 N–H and O–H groups in total. The van der Waals surface area contributed by atoms with Crippen molar-refractivity contribution in [3.8, 4) is 0 Å². The summed E-state index contributed by atoms with van der Waals surface area (Å²) < 4.78 is 0. The minimum atomic E-state index is 1.16. The van der Waals surface area contributed by atoms with Crippen LogP contribution >= 0.6 is 0 Å². The van der Waals surface area contributed by atoms with Gasteiger partial charge in [0.15, 0.2) is 0 Å². The van der Waals surface area contributed by atoms with Gasteiger partial charge in [-0.2, -0.15) is 18.6 Å². The molecule has 1 aliphatic rings. The van der Waals surface area contributed by atoms with E-state index in [1.807, 2.05) is 37.6 Å². The number of hydrogen-bond acceptors (Lipinski definition) is 0. The molecule has 40 valence electrons. The van der Waals surface area contributed by atoms with Crippen molar-refractivity contribution in [3.63, 3.8) is 0 Å². The first-order valence-electron chi connectivity index (χ1n) is 2.66. The summed E-state index contributed by atoms with van der Waals surface area (Å²) in [5.74, 6) is 0. The van der Waals surface area contributed by atoms with Crippen molar-refractivity contribution in [2.24, 2.45) is 0 Å². The first kappa shape index (κ1) is 5.14. The van der Waals surface area contributed by atoms with Crippen molar-refractivity contribution in [1.82, 2.24) is 0 Å². The van der Waals surface area contributed by atoms with Gasteiger partial charge in [-0.15, -0.1) is 12.2 Å². The zero-order chi connectivity index (χ0) is 5.82. The summed E-state index contributed by atoms with van der Waals surface area (Å²) >= 11 is 0. The van der Waals surface area contributed by atoms with E-state index in [2.05, 4.69) is 6.08 Å². The van der Waals surface area contributed by atoms with Gasteiger partial charge in [-0.25, -0.2) is 0 Å². The van der Waals surface area contributed by atoms with Crippen LogP contribution in [0.4, 0.5) is 0 Å². The van der Waals surface area contributed by atoms with E-state index in [1.54, 1.807) is 0 Å². The van der Waals surface area contributed by atoms with E-state index in [9.17, 15) is 0 Å². The van der Waals surface area contributed by atoms with Crippen LogP contribution < -0.4 is 0 Å². The van der Waals surface area contributed by atoms with Crippen LogP contribution in [0.5, 0.6) is 0 Å². The Morgan fingerprint density at radius 3 is 2.38 bits per heavy atom. The van der Waals surface area contributed by atoms with Crippen LogP contribution in [0.2, 0.25) is 0 Å². The van der Waals surface area contributed by atoms with Crippen molar-refractivity contribution >= 4 is 0 Å². The summed E-state index contributed by atoms with van der Waals surface area (Å²) in [6.45, 7) is 1.91. The highest BCUT2D eigenvalue weighted by molar-refractivity contribution is 5.36. The van der Waals surface area contributed by atoms with E-state index in [-0.39, 0.29) is 0 Å². The van der Waals surface area contributed by atoms with Crippen molar-refractivity contribution < 1.29 is 0 Å². The highest BCUT2D eigenvalue weighted by Gasteiger charge is 1.80. The van der Waals surface area contributed by atoms with E-state index in [4.69, 9.17) is 0 Å². The van der Waals surface area contributed by atoms with Crippen LogP contribution in [0.25, 0.3) is 0 Å². The fourth-order valence-corrected chi connectivity index (χ4v) is 0.605. The molecule has 0 saturated heterocycles. The van der Waals surface area contributed by atoms with Crippen molar-refractivity contribution in [3.05, 3.63) is 42.4 Å². The molecule has 0 aromatic heterocycles. The number of hydrogen-bond donors (Lipinski definition) is 0. The highest BCUT2D eigenvalue weighted by atomic mass is 13.9. The maximum atomic E-state index is 3.03. The Hall–Kier alpha value is -1.00. The van der Waals surface area contributed by atoms with Gasteiger partial charge in [-0.1, -0.05) is 0 Å². The van der Waals surface area contributed by atoms with Crippen LogP contribution in [-0.2, 0) is 0 Å². The zero-order valence-corrected chi connectivity index (χ0v) is 4.89. The second-order valence-corrected chi connectivity index (χ2v) is 1.62. The van der Waals surface area contributed by atoms with Crippen LogP contribution in [0.1, 0.15) is 6.92 Å². The average molecular weight is 104 g/mol. The van der Waals surface area contributed by atoms with E-state index in [0.717, 1.165) is 5.57 Å². The van der Waals surface area contributed by atoms with Gasteiger partial charge in [-0.05, 0) is 11.6 Å². The average Bonchev–Trinajstić information content (AvgIpc) is 1.90. The monoisotopic (exact) mass is 104 g/mol. The molecule has 0 unspecified atom stereocenters. The first-order chi connectivity index (χ1) is 3.93. The molecule has 0 atom stereocenters. The molecular formula is C8H8. The predicted octanol–water partition coefficient (Wildman–Crippen LogP) is 2.07. The summed E-state index contributed by atoms with van der Waals surface area (Å²) in [6.07, 6.45) is 13.1. The Kier molecular flexibility index (Phi) is 1.51. The fourth-order valence-electron chi connectivity index (χ4n) is 0.605. The minimum absolute atomic E-state index is 1.16. The zero-order valence-electron chi connectivity index (χ0n) is 4.89. The normalized spacial score (nSPS) is 15.4. The summed E-state index contributed by atoms with van der Waals surface area (Å²) in [5.41, 5.74) is 1.16. The molecule has 0 nitrogen and oxygen atoms in total. The number of allylic oxidation sites excluding steroid dienone is 6. The smallest absolute Gasteiger partial charge is 0.0442 e. The lowest BCUT2D eigenvalue weighted by molar-refractivity contribution is 1.49. The van der Waals surface area contributed by atoms with Gasteiger partial charge in [0, 0.05) is 6.92 Å². The largest absolute Gasteiger partial charge is 0.170 e. The Balaban J connectivity index is 2.69. The Bertz CT molecular complexity index is 133. The third-order valence-electron chi connectivity index (χ3n) is 1.06. The molecule has 8 heavy (non-hydrogen) atoms. The molecule has 0 fully saturated rings. The first-order valence-corrected chi connectivity index (χ1v) is 2.66. The maximum absolute atomic E-state index is 3.03.